The van der Waals surface area contributed by atoms with Gasteiger partial charge < -0.3 is 25.2 Å². The predicted octanol–water partition coefficient (Wildman–Crippen LogP) is 8.58. The third kappa shape index (κ3) is 12.4. The van der Waals surface area contributed by atoms with E-state index in [-0.39, 0.29) is 30.9 Å². The number of carbonyl (C=O) groups excluding carboxylic acids is 2. The van der Waals surface area contributed by atoms with Crippen LogP contribution in [0.25, 0.3) is 0 Å². The Morgan fingerprint density at radius 2 is 1.50 bits per heavy atom. The number of para-hydroxylation sites is 1. The Hall–Kier alpha value is -4.62. The van der Waals surface area contributed by atoms with Crippen molar-refractivity contribution in [3.8, 4) is 17.2 Å². The first kappa shape index (κ1) is 36.7. The summed E-state index contributed by atoms with van der Waals surface area (Å²) in [4.78, 5) is 26.8. The average Bonchev–Trinajstić information content (AvgIpc) is 3.13. The Morgan fingerprint density at radius 3 is 2.24 bits per heavy atom. The largest absolute Gasteiger partial charge is 0.493 e. The van der Waals surface area contributed by atoms with Gasteiger partial charge in [0.25, 0.3) is 5.91 Å². The van der Waals surface area contributed by atoms with Gasteiger partial charge >= 0.3 is 0 Å². The van der Waals surface area contributed by atoms with Crippen molar-refractivity contribution < 1.29 is 24.2 Å². The number of hydrogen-bond acceptors (Lipinski definition) is 5. The zero-order valence-electron chi connectivity index (χ0n) is 29.3. The summed E-state index contributed by atoms with van der Waals surface area (Å²) >= 11 is 0. The number of aliphatic hydroxyl groups excluding tert-OH is 1. The Kier molecular flexibility index (Phi) is 14.3. The van der Waals surface area contributed by atoms with Gasteiger partial charge in [0.2, 0.25) is 5.91 Å². The van der Waals surface area contributed by atoms with E-state index in [1.807, 2.05) is 104 Å². The highest BCUT2D eigenvalue weighted by Crippen LogP contribution is 2.29. The first-order valence-corrected chi connectivity index (χ1v) is 18.3. The molecule has 0 saturated heterocycles. The fourth-order valence-corrected chi connectivity index (χ4v) is 6.75. The fourth-order valence-electron chi connectivity index (χ4n) is 6.75. The zero-order valence-corrected chi connectivity index (χ0v) is 29.3. The maximum absolute atomic E-state index is 13.7. The third-order valence-electron chi connectivity index (χ3n) is 9.55. The molecule has 3 atom stereocenters. The minimum absolute atomic E-state index is 0.162. The lowest BCUT2D eigenvalue weighted by molar-refractivity contribution is -0.123. The van der Waals surface area contributed by atoms with Crippen LogP contribution in [0.15, 0.2) is 109 Å². The van der Waals surface area contributed by atoms with E-state index in [0.717, 1.165) is 36.3 Å². The van der Waals surface area contributed by atoms with Gasteiger partial charge in [-0.3, -0.25) is 9.59 Å². The normalized spacial score (nSPS) is 15.0. The van der Waals surface area contributed by atoms with Crippen molar-refractivity contribution in [1.29, 1.82) is 0 Å². The van der Waals surface area contributed by atoms with Crippen molar-refractivity contribution in [2.75, 3.05) is 6.61 Å². The summed E-state index contributed by atoms with van der Waals surface area (Å²) in [6.07, 6.45) is 9.33. The van der Waals surface area contributed by atoms with Gasteiger partial charge in [0.05, 0.1) is 25.2 Å². The molecule has 0 aliphatic heterocycles. The molecule has 264 valence electrons. The van der Waals surface area contributed by atoms with Crippen molar-refractivity contribution in [3.63, 3.8) is 0 Å². The van der Waals surface area contributed by atoms with Gasteiger partial charge in [-0.05, 0) is 80.1 Å². The SMILES string of the molecule is Cc1ccc(OCCC(=O)N[C@@H](Cc2ccccc2)[C@@H](O)C[C@H](CCCC2CCCCC2)NC(=O)c2cccc(Oc3ccccc3)c2)cc1. The lowest BCUT2D eigenvalue weighted by Crippen LogP contribution is -2.48. The maximum atomic E-state index is 13.7. The molecule has 7 heteroatoms. The monoisotopic (exact) mass is 676 g/mol. The number of amides is 2. The van der Waals surface area contributed by atoms with E-state index in [0.29, 0.717) is 35.7 Å². The van der Waals surface area contributed by atoms with Gasteiger partial charge in [-0.2, -0.15) is 0 Å². The standard InChI is InChI=1S/C43H52N2O5/c1-32-23-25-37(26-24-32)49-28-27-42(47)45-40(29-34-15-7-3-8-16-34)41(46)31-36(19-11-17-33-13-5-2-6-14-33)44-43(48)35-18-12-22-39(30-35)50-38-20-9-4-10-21-38/h3-4,7-10,12,15-16,18,20-26,30,33,36,40-41,46H,2,5-6,11,13-14,17,19,27-29,31H2,1H3,(H,44,48)(H,45,47)/t36-,40-,41-/m0/s1. The number of ether oxygens (including phenoxy) is 2. The molecule has 0 heterocycles. The van der Waals surface area contributed by atoms with Crippen LogP contribution in [0.1, 0.15) is 85.7 Å². The molecule has 2 amide bonds. The molecule has 0 spiro atoms. The molecule has 0 aromatic heterocycles. The van der Waals surface area contributed by atoms with Crippen LogP contribution in [0.5, 0.6) is 17.2 Å². The Bertz CT molecular complexity index is 1590. The highest BCUT2D eigenvalue weighted by molar-refractivity contribution is 5.94. The van der Waals surface area contributed by atoms with Crippen molar-refractivity contribution in [1.82, 2.24) is 10.6 Å². The molecule has 0 radical (unpaired) electrons. The molecular formula is C43H52N2O5. The van der Waals surface area contributed by atoms with Crippen LogP contribution in [0.3, 0.4) is 0 Å². The fraction of sp³-hybridized carbons (Fsp3) is 0.395. The molecule has 0 bridgehead atoms. The van der Waals surface area contributed by atoms with Crippen molar-refractivity contribution in [3.05, 3.63) is 126 Å². The van der Waals surface area contributed by atoms with Crippen LogP contribution in [0.4, 0.5) is 0 Å². The average molecular weight is 677 g/mol. The highest BCUT2D eigenvalue weighted by atomic mass is 16.5. The van der Waals surface area contributed by atoms with Crippen molar-refractivity contribution in [2.45, 2.75) is 95.7 Å². The summed E-state index contributed by atoms with van der Waals surface area (Å²) in [6, 6.07) is 33.4. The number of benzene rings is 4. The van der Waals surface area contributed by atoms with E-state index in [1.165, 1.54) is 32.1 Å². The molecule has 0 unspecified atom stereocenters. The molecule has 3 N–H and O–H groups in total. The molecule has 5 rings (SSSR count). The molecule has 1 aliphatic carbocycles. The van der Waals surface area contributed by atoms with Gasteiger partial charge in [0.1, 0.15) is 17.2 Å². The van der Waals surface area contributed by atoms with Gasteiger partial charge in [0, 0.05) is 11.6 Å². The van der Waals surface area contributed by atoms with E-state index in [1.54, 1.807) is 12.1 Å². The highest BCUT2D eigenvalue weighted by Gasteiger charge is 2.27. The lowest BCUT2D eigenvalue weighted by atomic mass is 9.85. The number of nitrogens with one attached hydrogen (secondary N) is 2. The summed E-state index contributed by atoms with van der Waals surface area (Å²) in [7, 11) is 0. The van der Waals surface area contributed by atoms with Gasteiger partial charge in [0.15, 0.2) is 0 Å². The van der Waals surface area contributed by atoms with Crippen LogP contribution in [0.2, 0.25) is 0 Å². The van der Waals surface area contributed by atoms with E-state index >= 15 is 0 Å². The molecule has 1 aliphatic rings. The molecule has 4 aromatic carbocycles. The Labute approximate surface area is 297 Å². The van der Waals surface area contributed by atoms with Gasteiger partial charge in [-0.1, -0.05) is 117 Å². The summed E-state index contributed by atoms with van der Waals surface area (Å²) in [5.41, 5.74) is 2.65. The zero-order chi connectivity index (χ0) is 35.0. The van der Waals surface area contributed by atoms with E-state index in [2.05, 4.69) is 10.6 Å². The van der Waals surface area contributed by atoms with Crippen LogP contribution in [-0.2, 0) is 11.2 Å². The molecule has 1 saturated carbocycles. The Balaban J connectivity index is 1.25. The number of aryl methyl sites for hydroxylation is 1. The van der Waals surface area contributed by atoms with Crippen LogP contribution in [0, 0.1) is 12.8 Å². The first-order valence-electron chi connectivity index (χ1n) is 18.3. The van der Waals surface area contributed by atoms with E-state index in [9.17, 15) is 14.7 Å². The summed E-state index contributed by atoms with van der Waals surface area (Å²) in [6.45, 7) is 2.25. The lowest BCUT2D eigenvalue weighted by Gasteiger charge is -2.29. The topological polar surface area (TPSA) is 96.9 Å². The predicted molar refractivity (Wildman–Crippen MR) is 199 cm³/mol. The molecule has 7 nitrogen and oxygen atoms in total. The molecule has 1 fully saturated rings. The minimum Gasteiger partial charge on any atom is -0.493 e. The Morgan fingerprint density at radius 1 is 0.800 bits per heavy atom. The molecule has 4 aromatic rings. The number of carbonyl (C=O) groups is 2. The smallest absolute Gasteiger partial charge is 0.251 e. The van der Waals surface area contributed by atoms with E-state index in [4.69, 9.17) is 9.47 Å². The van der Waals surface area contributed by atoms with Crippen LogP contribution < -0.4 is 20.1 Å². The second-order valence-electron chi connectivity index (χ2n) is 13.6. The van der Waals surface area contributed by atoms with Crippen LogP contribution in [-0.4, -0.2) is 41.7 Å². The minimum atomic E-state index is -0.884. The van der Waals surface area contributed by atoms with Gasteiger partial charge in [-0.15, -0.1) is 0 Å². The first-order chi connectivity index (χ1) is 24.4. The number of hydrogen-bond donors (Lipinski definition) is 3. The second-order valence-corrected chi connectivity index (χ2v) is 13.6. The molecular weight excluding hydrogens is 624 g/mol. The summed E-state index contributed by atoms with van der Waals surface area (Å²) < 4.78 is 11.8. The number of aliphatic hydroxyl groups is 1. The molecule has 50 heavy (non-hydrogen) atoms. The third-order valence-corrected chi connectivity index (χ3v) is 9.55. The number of rotatable bonds is 18. The van der Waals surface area contributed by atoms with Gasteiger partial charge in [-0.25, -0.2) is 0 Å². The summed E-state index contributed by atoms with van der Waals surface area (Å²) in [5, 5.41) is 18.1. The van der Waals surface area contributed by atoms with Crippen molar-refractivity contribution in [2.24, 2.45) is 5.92 Å². The van der Waals surface area contributed by atoms with Crippen LogP contribution >= 0.6 is 0 Å². The second kappa shape index (κ2) is 19.5. The van der Waals surface area contributed by atoms with E-state index < -0.39 is 12.1 Å². The maximum Gasteiger partial charge on any atom is 0.251 e. The summed E-state index contributed by atoms with van der Waals surface area (Å²) in [5.74, 6) is 2.31. The quantitative estimate of drug-likeness (QED) is 0.0981. The van der Waals surface area contributed by atoms with Crippen molar-refractivity contribution >= 4 is 11.8 Å².